The van der Waals surface area contributed by atoms with Gasteiger partial charge in [0.15, 0.2) is 11.6 Å². The lowest BCUT2D eigenvalue weighted by molar-refractivity contribution is 0.321. The number of hydrogen-bond donors (Lipinski definition) is 1. The van der Waals surface area contributed by atoms with Gasteiger partial charge in [0.25, 0.3) is 0 Å². The molecule has 1 N–H and O–H groups in total. The van der Waals surface area contributed by atoms with Gasteiger partial charge < -0.3 is 15.0 Å². The molecule has 0 atom stereocenters. The Morgan fingerprint density at radius 3 is 2.73 bits per heavy atom. The molecule has 0 bridgehead atoms. The van der Waals surface area contributed by atoms with E-state index in [0.29, 0.717) is 19.0 Å². The first kappa shape index (κ1) is 11.8. The molecule has 1 rings (SSSR count). The molecule has 3 nitrogen and oxygen atoms in total. The fraction of sp³-hybridized carbons (Fsp3) is 0.455. The van der Waals surface area contributed by atoms with Crippen molar-refractivity contribution < 1.29 is 9.13 Å². The predicted octanol–water partition coefficient (Wildman–Crippen LogP) is 1.84. The summed E-state index contributed by atoms with van der Waals surface area (Å²) in [4.78, 5) is 1.92. The molecule has 0 unspecified atom stereocenters. The van der Waals surface area contributed by atoms with E-state index in [4.69, 9.17) is 4.74 Å². The van der Waals surface area contributed by atoms with E-state index in [9.17, 15) is 4.39 Å². The zero-order chi connectivity index (χ0) is 11.3. The Morgan fingerprint density at radius 2 is 2.20 bits per heavy atom. The predicted molar refractivity (Wildman–Crippen MR) is 59.9 cm³/mol. The van der Waals surface area contributed by atoms with Crippen molar-refractivity contribution in [3.05, 3.63) is 24.0 Å². The van der Waals surface area contributed by atoms with Crippen LogP contribution in [0.1, 0.15) is 6.92 Å². The lowest BCUT2D eigenvalue weighted by atomic mass is 10.2. The van der Waals surface area contributed by atoms with E-state index in [2.05, 4.69) is 5.32 Å². The number of benzene rings is 1. The maximum Gasteiger partial charge on any atom is 0.167 e. The van der Waals surface area contributed by atoms with E-state index in [0.717, 1.165) is 5.69 Å². The highest BCUT2D eigenvalue weighted by Gasteiger charge is 2.06. The van der Waals surface area contributed by atoms with Crippen LogP contribution in [0.3, 0.4) is 0 Å². The van der Waals surface area contributed by atoms with Crippen LogP contribution in [-0.4, -0.2) is 27.4 Å². The fourth-order valence-electron chi connectivity index (χ4n) is 1.33. The smallest absolute Gasteiger partial charge is 0.167 e. The van der Waals surface area contributed by atoms with Gasteiger partial charge in [-0.25, -0.2) is 4.39 Å². The van der Waals surface area contributed by atoms with Gasteiger partial charge in [-0.2, -0.15) is 0 Å². The average molecular weight is 212 g/mol. The first-order chi connectivity index (χ1) is 7.19. The van der Waals surface area contributed by atoms with Crippen molar-refractivity contribution >= 4 is 5.69 Å². The molecule has 0 saturated carbocycles. The molecular weight excluding hydrogens is 195 g/mol. The number of rotatable bonds is 5. The van der Waals surface area contributed by atoms with Crippen molar-refractivity contribution in [1.82, 2.24) is 5.32 Å². The quantitative estimate of drug-likeness (QED) is 0.754. The normalized spacial score (nSPS) is 10.1. The summed E-state index contributed by atoms with van der Waals surface area (Å²) in [6, 6.07) is 4.97. The minimum absolute atomic E-state index is 0.305. The first-order valence-electron chi connectivity index (χ1n) is 4.97. The van der Waals surface area contributed by atoms with E-state index in [1.54, 1.807) is 6.07 Å². The molecule has 0 aromatic heterocycles. The SMILES string of the molecule is CCOc1ccc(N(C)CNC)cc1F. The van der Waals surface area contributed by atoms with Crippen LogP contribution >= 0.6 is 0 Å². The van der Waals surface area contributed by atoms with Crippen LogP contribution in [0.4, 0.5) is 10.1 Å². The molecule has 0 aliphatic rings. The average Bonchev–Trinajstić information content (AvgIpc) is 2.21. The first-order valence-corrected chi connectivity index (χ1v) is 4.97. The van der Waals surface area contributed by atoms with Crippen LogP contribution in [0.5, 0.6) is 5.75 Å². The summed E-state index contributed by atoms with van der Waals surface area (Å²) in [6.07, 6.45) is 0. The van der Waals surface area contributed by atoms with Gasteiger partial charge in [-0.15, -0.1) is 0 Å². The van der Waals surface area contributed by atoms with E-state index in [-0.39, 0.29) is 5.82 Å². The second-order valence-electron chi connectivity index (χ2n) is 3.26. The highest BCUT2D eigenvalue weighted by Crippen LogP contribution is 2.22. The van der Waals surface area contributed by atoms with E-state index in [1.807, 2.05) is 32.0 Å². The van der Waals surface area contributed by atoms with Crippen LogP contribution < -0.4 is 15.0 Å². The standard InChI is InChI=1S/C11H17FN2O/c1-4-15-11-6-5-9(7-10(11)12)14(3)8-13-2/h5-7,13H,4,8H2,1-3H3. The molecule has 0 fully saturated rings. The van der Waals surface area contributed by atoms with Crippen LogP contribution in [0.25, 0.3) is 0 Å². The maximum absolute atomic E-state index is 13.5. The molecule has 0 saturated heterocycles. The number of ether oxygens (including phenoxy) is 1. The van der Waals surface area contributed by atoms with Crippen molar-refractivity contribution in [2.45, 2.75) is 6.92 Å². The molecule has 84 valence electrons. The van der Waals surface area contributed by atoms with Crippen LogP contribution in [0.2, 0.25) is 0 Å². The van der Waals surface area contributed by atoms with Gasteiger partial charge in [-0.1, -0.05) is 0 Å². The molecule has 0 aliphatic heterocycles. The highest BCUT2D eigenvalue weighted by atomic mass is 19.1. The van der Waals surface area contributed by atoms with Gasteiger partial charge in [0.1, 0.15) is 0 Å². The van der Waals surface area contributed by atoms with E-state index in [1.165, 1.54) is 6.07 Å². The molecule has 0 aliphatic carbocycles. The van der Waals surface area contributed by atoms with Crippen molar-refractivity contribution in [2.24, 2.45) is 0 Å². The van der Waals surface area contributed by atoms with Gasteiger partial charge in [-0.3, -0.25) is 0 Å². The van der Waals surface area contributed by atoms with Crippen LogP contribution in [0.15, 0.2) is 18.2 Å². The topological polar surface area (TPSA) is 24.5 Å². The Kier molecular flexibility index (Phi) is 4.37. The highest BCUT2D eigenvalue weighted by molar-refractivity contribution is 5.49. The summed E-state index contributed by atoms with van der Waals surface area (Å²) < 4.78 is 18.6. The number of nitrogens with one attached hydrogen (secondary N) is 1. The molecule has 15 heavy (non-hydrogen) atoms. The summed E-state index contributed by atoms with van der Waals surface area (Å²) >= 11 is 0. The molecule has 0 spiro atoms. The summed E-state index contributed by atoms with van der Waals surface area (Å²) in [6.45, 7) is 2.98. The van der Waals surface area contributed by atoms with Crippen LogP contribution in [-0.2, 0) is 0 Å². The third-order valence-electron chi connectivity index (χ3n) is 2.05. The number of anilines is 1. The summed E-state index contributed by atoms with van der Waals surface area (Å²) in [7, 11) is 3.74. The second-order valence-corrected chi connectivity index (χ2v) is 3.26. The third-order valence-corrected chi connectivity index (χ3v) is 2.05. The van der Waals surface area contributed by atoms with Crippen molar-refractivity contribution in [2.75, 3.05) is 32.3 Å². The maximum atomic E-state index is 13.5. The second kappa shape index (κ2) is 5.56. The monoisotopic (exact) mass is 212 g/mol. The van der Waals surface area contributed by atoms with Gasteiger partial charge >= 0.3 is 0 Å². The Morgan fingerprint density at radius 1 is 1.47 bits per heavy atom. The Hall–Kier alpha value is -1.29. The van der Waals surface area contributed by atoms with Crippen molar-refractivity contribution in [3.8, 4) is 5.75 Å². The fourth-order valence-corrected chi connectivity index (χ4v) is 1.33. The van der Waals surface area contributed by atoms with Gasteiger partial charge in [0.05, 0.1) is 13.3 Å². The number of hydrogen-bond acceptors (Lipinski definition) is 3. The van der Waals surface area contributed by atoms with Gasteiger partial charge in [0.2, 0.25) is 0 Å². The molecule has 4 heteroatoms. The summed E-state index contributed by atoms with van der Waals surface area (Å²) in [5, 5.41) is 3.00. The van der Waals surface area contributed by atoms with Gasteiger partial charge in [0, 0.05) is 18.8 Å². The molecule has 0 heterocycles. The molecule has 1 aromatic rings. The molecule has 1 aromatic carbocycles. The minimum Gasteiger partial charge on any atom is -0.491 e. The summed E-state index contributed by atoms with van der Waals surface area (Å²) in [5.41, 5.74) is 0.824. The molecule has 0 radical (unpaired) electrons. The Bertz CT molecular complexity index is 317. The molecular formula is C11H17FN2O. The lowest BCUT2D eigenvalue weighted by Crippen LogP contribution is -2.28. The van der Waals surface area contributed by atoms with E-state index >= 15 is 0 Å². The van der Waals surface area contributed by atoms with Crippen LogP contribution in [0, 0.1) is 5.82 Å². The van der Waals surface area contributed by atoms with Crippen molar-refractivity contribution in [3.63, 3.8) is 0 Å². The van der Waals surface area contributed by atoms with Crippen molar-refractivity contribution in [1.29, 1.82) is 0 Å². The van der Waals surface area contributed by atoms with E-state index < -0.39 is 0 Å². The third kappa shape index (κ3) is 3.09. The zero-order valence-electron chi connectivity index (χ0n) is 9.38. The Balaban J connectivity index is 2.81. The zero-order valence-corrected chi connectivity index (χ0v) is 9.38. The summed E-state index contributed by atoms with van der Waals surface area (Å²) in [5.74, 6) is -0.0172. The number of nitrogens with zero attached hydrogens (tertiary/aromatic N) is 1. The largest absolute Gasteiger partial charge is 0.491 e. The van der Waals surface area contributed by atoms with Gasteiger partial charge in [-0.05, 0) is 26.1 Å². The molecule has 0 amide bonds. The minimum atomic E-state index is -0.322. The number of halogens is 1. The lowest BCUT2D eigenvalue weighted by Gasteiger charge is -2.19. The Labute approximate surface area is 89.8 Å².